The molecule has 0 aliphatic heterocycles. The van der Waals surface area contributed by atoms with Crippen LogP contribution in [0.4, 0.5) is 0 Å². The fourth-order valence-electron chi connectivity index (χ4n) is 10.6. The van der Waals surface area contributed by atoms with Crippen molar-refractivity contribution in [2.45, 2.75) is 142 Å². The van der Waals surface area contributed by atoms with Gasteiger partial charge in [-0.05, 0) is 0 Å². The molecule has 0 aromatic heterocycles. The number of allylic oxidation sites excluding steroid dienone is 4. The van der Waals surface area contributed by atoms with Crippen LogP contribution < -0.4 is 3.27 Å². The van der Waals surface area contributed by atoms with E-state index >= 15 is 0 Å². The van der Waals surface area contributed by atoms with Crippen molar-refractivity contribution in [2.24, 2.45) is 11.8 Å². The van der Waals surface area contributed by atoms with E-state index in [0.29, 0.717) is 0 Å². The van der Waals surface area contributed by atoms with Gasteiger partial charge in [0.15, 0.2) is 0 Å². The first-order chi connectivity index (χ1) is 26.1. The Morgan fingerprint density at radius 2 is 1.17 bits per heavy atom. The standard InChI is InChI=1S/C33H33.C15H26.C5H5.Zr/c1-32(2,3)30-20-26-24(18-28(30)22-13-9-7-10-14-22)17-25-19-29(23-15-11-8-12-16-23)31(21-27(25)26)33(4,5)6;1-3-8-14(9-4-1)12-7-13-15-10-5-2-6-11-15;1-2-4-5-3-1;/h7-16,18,20-21H,17H2,1-6H3;14-15H,1-6,8-13H2;1-3H,4H2;. The van der Waals surface area contributed by atoms with E-state index in [1.165, 1.54) is 110 Å². The van der Waals surface area contributed by atoms with Gasteiger partial charge in [0.1, 0.15) is 0 Å². The third kappa shape index (κ3) is 7.88. The van der Waals surface area contributed by atoms with Gasteiger partial charge >= 0.3 is 338 Å². The Labute approximate surface area is 335 Å². The first kappa shape index (κ1) is 38.0. The fraction of sp³-hybridized carbons (Fsp3) is 0.453. The van der Waals surface area contributed by atoms with Crippen molar-refractivity contribution in [1.29, 1.82) is 0 Å². The zero-order valence-electron chi connectivity index (χ0n) is 34.3. The Kier molecular flexibility index (Phi) is 11.2. The van der Waals surface area contributed by atoms with E-state index in [0.717, 1.165) is 24.7 Å². The van der Waals surface area contributed by atoms with Crippen molar-refractivity contribution >= 4 is 6.48 Å². The molecular formula is C53H64Zr. The SMILES string of the molecule is CC(C)(C)c1cc2c(cc1-c1ccccc1)Cc1c-2cc(C(C)(C)C)c(-c2ccccc2)[c]1[Zr]([C]1=CC=CC1)=[C](CC1CCCCC1)CC1CCCCC1. The van der Waals surface area contributed by atoms with E-state index in [2.05, 4.69) is 142 Å². The molecule has 280 valence electrons. The van der Waals surface area contributed by atoms with Gasteiger partial charge in [-0.15, -0.1) is 0 Å². The van der Waals surface area contributed by atoms with Crippen LogP contribution in [0.1, 0.15) is 147 Å². The Morgan fingerprint density at radius 1 is 0.611 bits per heavy atom. The molecule has 2 saturated carbocycles. The molecule has 0 atom stereocenters. The summed E-state index contributed by atoms with van der Waals surface area (Å²) in [4.78, 5) is 0. The molecule has 54 heavy (non-hydrogen) atoms. The van der Waals surface area contributed by atoms with Gasteiger partial charge in [0.2, 0.25) is 0 Å². The second-order valence-electron chi connectivity index (χ2n) is 19.4. The second-order valence-corrected chi connectivity index (χ2v) is 25.8. The molecule has 4 aromatic rings. The van der Waals surface area contributed by atoms with Crippen molar-refractivity contribution in [1.82, 2.24) is 0 Å². The number of benzene rings is 4. The molecule has 0 amide bonds. The van der Waals surface area contributed by atoms with Gasteiger partial charge in [-0.3, -0.25) is 0 Å². The van der Waals surface area contributed by atoms with Crippen molar-refractivity contribution in [2.75, 3.05) is 0 Å². The zero-order valence-corrected chi connectivity index (χ0v) is 36.7. The molecule has 0 nitrogen and oxygen atoms in total. The Hall–Kier alpha value is -2.89. The van der Waals surface area contributed by atoms with Gasteiger partial charge in [0.25, 0.3) is 0 Å². The first-order valence-electron chi connectivity index (χ1n) is 21.6. The van der Waals surface area contributed by atoms with Crippen LogP contribution in [0.25, 0.3) is 33.4 Å². The first-order valence-corrected chi connectivity index (χ1v) is 25.3. The maximum atomic E-state index is 2.69. The van der Waals surface area contributed by atoms with E-state index in [1.807, 2.05) is 6.55 Å². The summed E-state index contributed by atoms with van der Waals surface area (Å²) in [5, 5.41) is 0. The molecule has 4 aliphatic carbocycles. The second kappa shape index (κ2) is 15.9. The molecular weight excluding hydrogens is 728 g/mol. The van der Waals surface area contributed by atoms with Crippen LogP contribution in [0.5, 0.6) is 0 Å². The number of rotatable bonds is 8. The molecule has 0 radical (unpaired) electrons. The number of hydrogen-bond acceptors (Lipinski definition) is 0. The molecule has 8 rings (SSSR count). The van der Waals surface area contributed by atoms with Crippen molar-refractivity contribution in [3.8, 4) is 33.4 Å². The summed E-state index contributed by atoms with van der Waals surface area (Å²) in [6.45, 7) is 14.7. The van der Waals surface area contributed by atoms with Crippen LogP contribution in [0.15, 0.2) is 100 Å². The number of fused-ring (bicyclic) bond motifs is 3. The molecule has 1 heteroatoms. The van der Waals surface area contributed by atoms with Gasteiger partial charge in [-0.1, -0.05) is 0 Å². The predicted octanol–water partition coefficient (Wildman–Crippen LogP) is 14.4. The van der Waals surface area contributed by atoms with Gasteiger partial charge in [0, 0.05) is 0 Å². The van der Waals surface area contributed by atoms with Crippen LogP contribution >= 0.6 is 0 Å². The predicted molar refractivity (Wildman–Crippen MR) is 232 cm³/mol. The molecule has 4 aromatic carbocycles. The van der Waals surface area contributed by atoms with E-state index in [9.17, 15) is 0 Å². The van der Waals surface area contributed by atoms with Crippen LogP contribution in [0, 0.1) is 11.8 Å². The van der Waals surface area contributed by atoms with Gasteiger partial charge in [-0.25, -0.2) is 0 Å². The van der Waals surface area contributed by atoms with E-state index in [-0.39, 0.29) is 10.8 Å². The summed E-state index contributed by atoms with van der Waals surface area (Å²) in [5.41, 5.74) is 15.2. The summed E-state index contributed by atoms with van der Waals surface area (Å²) < 4.78 is 5.74. The van der Waals surface area contributed by atoms with Crippen LogP contribution in [-0.2, 0) is 38.5 Å². The summed E-state index contributed by atoms with van der Waals surface area (Å²) in [6, 6.07) is 30.8. The molecule has 0 heterocycles. The molecule has 0 unspecified atom stereocenters. The minimum absolute atomic E-state index is 0.0119. The van der Waals surface area contributed by atoms with Crippen LogP contribution in [0.3, 0.4) is 0 Å². The molecule has 2 fully saturated rings. The minimum atomic E-state index is -2.68. The topological polar surface area (TPSA) is 0 Å². The van der Waals surface area contributed by atoms with Crippen LogP contribution in [0.2, 0.25) is 0 Å². The molecule has 0 saturated heterocycles. The third-order valence-electron chi connectivity index (χ3n) is 13.3. The van der Waals surface area contributed by atoms with Crippen molar-refractivity contribution < 1.29 is 21.3 Å². The van der Waals surface area contributed by atoms with E-state index in [1.54, 1.807) is 22.3 Å². The van der Waals surface area contributed by atoms with E-state index < -0.39 is 21.3 Å². The summed E-state index contributed by atoms with van der Waals surface area (Å²) in [6.07, 6.45) is 26.9. The molecule has 0 bridgehead atoms. The quantitative estimate of drug-likeness (QED) is 0.147. The molecule has 4 aliphatic rings. The summed E-state index contributed by atoms with van der Waals surface area (Å²) in [7, 11) is 0. The summed E-state index contributed by atoms with van der Waals surface area (Å²) in [5.74, 6) is 1.75. The van der Waals surface area contributed by atoms with Gasteiger partial charge < -0.3 is 0 Å². The average Bonchev–Trinajstić information content (AvgIpc) is 3.83. The maximum absolute atomic E-state index is 2.69. The average molecular weight is 792 g/mol. The Balaban J connectivity index is 1.45. The van der Waals surface area contributed by atoms with E-state index in [4.69, 9.17) is 0 Å². The monoisotopic (exact) mass is 790 g/mol. The van der Waals surface area contributed by atoms with Gasteiger partial charge in [-0.2, -0.15) is 0 Å². The molecule has 0 N–H and O–H groups in total. The third-order valence-corrected chi connectivity index (χ3v) is 21.1. The summed E-state index contributed by atoms with van der Waals surface area (Å²) >= 11 is -2.68. The van der Waals surface area contributed by atoms with Crippen molar-refractivity contribution in [3.05, 3.63) is 123 Å². The zero-order chi connectivity index (χ0) is 37.5. The normalized spacial score (nSPS) is 17.7. The van der Waals surface area contributed by atoms with Crippen LogP contribution in [-0.4, -0.2) is 3.21 Å². The Morgan fingerprint density at radius 3 is 1.70 bits per heavy atom. The Bertz CT molecular complexity index is 2040. The molecule has 0 spiro atoms. The van der Waals surface area contributed by atoms with Gasteiger partial charge in [0.05, 0.1) is 0 Å². The van der Waals surface area contributed by atoms with Crippen molar-refractivity contribution in [3.63, 3.8) is 0 Å². The number of hydrogen-bond donors (Lipinski definition) is 0. The fourth-order valence-corrected chi connectivity index (χ4v) is 19.8.